The molecule has 1 aliphatic rings. The van der Waals surface area contributed by atoms with Gasteiger partial charge in [-0.25, -0.2) is 0 Å². The molecule has 0 radical (unpaired) electrons. The average Bonchev–Trinajstić information content (AvgIpc) is 3.06. The molecule has 0 unspecified atom stereocenters. The molecule has 0 N–H and O–H groups in total. The molecular weight excluding hydrogens is 315 g/mol. The maximum Gasteiger partial charge on any atom is 0.494 e. The molecule has 0 spiro atoms. The van der Waals surface area contributed by atoms with E-state index in [4.69, 9.17) is 9.31 Å². The van der Waals surface area contributed by atoms with Crippen LogP contribution in [0.3, 0.4) is 0 Å². The van der Waals surface area contributed by atoms with Crippen LogP contribution in [0.25, 0.3) is 21.2 Å². The number of fused-ring (bicyclic) bond motifs is 1. The monoisotopic (exact) mass is 336 g/mol. The van der Waals surface area contributed by atoms with Crippen molar-refractivity contribution < 1.29 is 9.31 Å². The van der Waals surface area contributed by atoms with Gasteiger partial charge in [0, 0.05) is 10.3 Å². The van der Waals surface area contributed by atoms with Gasteiger partial charge in [0.15, 0.2) is 0 Å². The molecule has 24 heavy (non-hydrogen) atoms. The summed E-state index contributed by atoms with van der Waals surface area (Å²) in [4.78, 5) is 0. The molecule has 1 fully saturated rings. The maximum absolute atomic E-state index is 6.20. The molecule has 0 bridgehead atoms. The van der Waals surface area contributed by atoms with Crippen LogP contribution < -0.4 is 5.46 Å². The van der Waals surface area contributed by atoms with Gasteiger partial charge in [0.05, 0.1) is 11.2 Å². The van der Waals surface area contributed by atoms with Gasteiger partial charge in [0.25, 0.3) is 0 Å². The molecule has 4 heteroatoms. The fourth-order valence-corrected chi connectivity index (χ4v) is 3.96. The zero-order valence-corrected chi connectivity index (χ0v) is 15.3. The van der Waals surface area contributed by atoms with Crippen LogP contribution in [0.4, 0.5) is 0 Å². The summed E-state index contributed by atoms with van der Waals surface area (Å²) >= 11 is 1.78. The second-order valence-corrected chi connectivity index (χ2v) is 8.27. The first kappa shape index (κ1) is 15.9. The molecule has 4 rings (SSSR count). The van der Waals surface area contributed by atoms with Crippen molar-refractivity contribution in [3.05, 3.63) is 53.9 Å². The van der Waals surface area contributed by atoms with Crippen LogP contribution in [0.5, 0.6) is 0 Å². The fraction of sp³-hybridized carbons (Fsp3) is 0.300. The van der Waals surface area contributed by atoms with Gasteiger partial charge >= 0.3 is 7.12 Å². The molecule has 1 saturated heterocycles. The average molecular weight is 336 g/mol. The van der Waals surface area contributed by atoms with E-state index in [2.05, 4.69) is 75.5 Å². The zero-order chi connectivity index (χ0) is 16.9. The molecule has 0 saturated carbocycles. The van der Waals surface area contributed by atoms with Crippen molar-refractivity contribution in [1.29, 1.82) is 0 Å². The summed E-state index contributed by atoms with van der Waals surface area (Å²) in [6.07, 6.45) is 0. The Balaban J connectivity index is 1.77. The molecule has 0 aliphatic carbocycles. The molecule has 0 atom stereocenters. The zero-order valence-electron chi connectivity index (χ0n) is 14.5. The third-order valence-corrected chi connectivity index (χ3v) is 6.17. The van der Waals surface area contributed by atoms with Gasteiger partial charge in [0.2, 0.25) is 0 Å². The van der Waals surface area contributed by atoms with E-state index in [-0.39, 0.29) is 18.3 Å². The van der Waals surface area contributed by atoms with Crippen LogP contribution in [0.1, 0.15) is 27.7 Å². The van der Waals surface area contributed by atoms with Crippen LogP contribution in [-0.4, -0.2) is 18.3 Å². The van der Waals surface area contributed by atoms with E-state index in [1.807, 2.05) is 6.07 Å². The Kier molecular flexibility index (Phi) is 3.61. The van der Waals surface area contributed by atoms with E-state index >= 15 is 0 Å². The number of hydrogen-bond acceptors (Lipinski definition) is 3. The van der Waals surface area contributed by atoms with Crippen molar-refractivity contribution in [2.75, 3.05) is 0 Å². The van der Waals surface area contributed by atoms with Gasteiger partial charge in [-0.3, -0.25) is 0 Å². The molecular formula is C20H21BO2S. The van der Waals surface area contributed by atoms with Crippen molar-refractivity contribution >= 4 is 34.0 Å². The topological polar surface area (TPSA) is 18.5 Å². The second-order valence-electron chi connectivity index (χ2n) is 7.36. The van der Waals surface area contributed by atoms with Crippen molar-refractivity contribution in [2.24, 2.45) is 0 Å². The molecule has 2 heterocycles. The van der Waals surface area contributed by atoms with Crippen molar-refractivity contribution in [3.63, 3.8) is 0 Å². The molecule has 1 aliphatic heterocycles. The highest BCUT2D eigenvalue weighted by Gasteiger charge is 2.51. The summed E-state index contributed by atoms with van der Waals surface area (Å²) in [5.41, 5.74) is 2.97. The van der Waals surface area contributed by atoms with Crippen LogP contribution in [0.15, 0.2) is 53.9 Å². The molecule has 122 valence electrons. The minimum absolute atomic E-state index is 0.316. The smallest absolute Gasteiger partial charge is 0.399 e. The predicted molar refractivity (Wildman–Crippen MR) is 103 cm³/mol. The predicted octanol–water partition coefficient (Wildman–Crippen LogP) is 4.87. The molecule has 1 aromatic heterocycles. The van der Waals surface area contributed by atoms with Gasteiger partial charge in [-0.1, -0.05) is 42.5 Å². The van der Waals surface area contributed by atoms with Gasteiger partial charge < -0.3 is 9.31 Å². The van der Waals surface area contributed by atoms with E-state index < -0.39 is 0 Å². The number of thiophene rings is 1. The summed E-state index contributed by atoms with van der Waals surface area (Å²) in [6, 6.07) is 17.0. The number of benzene rings is 2. The lowest BCUT2D eigenvalue weighted by atomic mass is 9.78. The number of rotatable bonds is 2. The quantitative estimate of drug-likeness (QED) is 0.622. The first-order valence-corrected chi connectivity index (χ1v) is 9.18. The summed E-state index contributed by atoms with van der Waals surface area (Å²) < 4.78 is 13.7. The minimum atomic E-state index is -0.317. The second kappa shape index (κ2) is 5.45. The van der Waals surface area contributed by atoms with Gasteiger partial charge in [-0.2, -0.15) is 0 Å². The van der Waals surface area contributed by atoms with Crippen molar-refractivity contribution in [3.8, 4) is 11.1 Å². The van der Waals surface area contributed by atoms with Gasteiger partial charge in [-0.05, 0) is 55.6 Å². The maximum atomic E-state index is 6.20. The van der Waals surface area contributed by atoms with Gasteiger partial charge in [0.1, 0.15) is 0 Å². The summed E-state index contributed by atoms with van der Waals surface area (Å²) in [6.45, 7) is 8.36. The standard InChI is InChI=1S/C20H21BO2S/c1-19(2)20(3,4)23-21(22-19)15-10-11-18-16(12-15)17(13-24-18)14-8-6-5-7-9-14/h5-13H,1-4H3. The third-order valence-electron chi connectivity index (χ3n) is 5.21. The lowest BCUT2D eigenvalue weighted by molar-refractivity contribution is 0.00578. The SMILES string of the molecule is CC1(C)OB(c2ccc3scc(-c4ccccc4)c3c2)OC1(C)C. The molecule has 3 aromatic rings. The largest absolute Gasteiger partial charge is 0.494 e. The normalized spacial score (nSPS) is 19.1. The van der Waals surface area contributed by atoms with E-state index in [9.17, 15) is 0 Å². The van der Waals surface area contributed by atoms with E-state index in [0.717, 1.165) is 5.46 Å². The van der Waals surface area contributed by atoms with Crippen LogP contribution >= 0.6 is 11.3 Å². The van der Waals surface area contributed by atoms with Crippen LogP contribution in [0, 0.1) is 0 Å². The molecule has 2 nitrogen and oxygen atoms in total. The summed E-state index contributed by atoms with van der Waals surface area (Å²) in [5.74, 6) is 0. The van der Waals surface area contributed by atoms with Gasteiger partial charge in [-0.15, -0.1) is 11.3 Å². The minimum Gasteiger partial charge on any atom is -0.399 e. The molecule has 0 amide bonds. The Morgan fingerprint density at radius 2 is 1.54 bits per heavy atom. The Bertz CT molecular complexity index is 867. The highest BCUT2D eigenvalue weighted by molar-refractivity contribution is 7.17. The van der Waals surface area contributed by atoms with E-state index in [1.54, 1.807) is 11.3 Å². The number of hydrogen-bond donors (Lipinski definition) is 0. The first-order valence-electron chi connectivity index (χ1n) is 8.30. The summed E-state index contributed by atoms with van der Waals surface area (Å²) in [7, 11) is -0.317. The lowest BCUT2D eigenvalue weighted by Gasteiger charge is -2.32. The highest BCUT2D eigenvalue weighted by Crippen LogP contribution is 2.38. The van der Waals surface area contributed by atoms with Crippen molar-refractivity contribution in [1.82, 2.24) is 0 Å². The van der Waals surface area contributed by atoms with Crippen LogP contribution in [-0.2, 0) is 9.31 Å². The lowest BCUT2D eigenvalue weighted by Crippen LogP contribution is -2.41. The van der Waals surface area contributed by atoms with Crippen molar-refractivity contribution in [2.45, 2.75) is 38.9 Å². The Labute approximate surface area is 147 Å². The molecule has 2 aromatic carbocycles. The van der Waals surface area contributed by atoms with E-state index in [0.29, 0.717) is 0 Å². The van der Waals surface area contributed by atoms with Crippen LogP contribution in [0.2, 0.25) is 0 Å². The third kappa shape index (κ3) is 2.50. The van der Waals surface area contributed by atoms with E-state index in [1.165, 1.54) is 21.2 Å². The summed E-state index contributed by atoms with van der Waals surface area (Å²) in [5, 5.41) is 3.49. The highest BCUT2D eigenvalue weighted by atomic mass is 32.1. The Morgan fingerprint density at radius 1 is 0.875 bits per heavy atom. The Hall–Kier alpha value is -1.62. The first-order chi connectivity index (χ1) is 11.4. The fourth-order valence-electron chi connectivity index (χ4n) is 3.01. The Morgan fingerprint density at radius 3 is 2.21 bits per heavy atom.